The lowest BCUT2D eigenvalue weighted by Crippen LogP contribution is -2.23. The topological polar surface area (TPSA) is 65.5 Å². The summed E-state index contributed by atoms with van der Waals surface area (Å²) in [5.41, 5.74) is 4.37. The Morgan fingerprint density at radius 1 is 1.21 bits per heavy atom. The molecule has 0 bridgehead atoms. The van der Waals surface area contributed by atoms with Crippen molar-refractivity contribution in [1.82, 2.24) is 9.88 Å². The van der Waals surface area contributed by atoms with Crippen molar-refractivity contribution in [3.63, 3.8) is 0 Å². The van der Waals surface area contributed by atoms with Gasteiger partial charge in [0, 0.05) is 42.5 Å². The van der Waals surface area contributed by atoms with Crippen molar-refractivity contribution in [3.05, 3.63) is 64.6 Å². The number of nitrogens with zero attached hydrogens (tertiary/aromatic N) is 2. The van der Waals surface area contributed by atoms with Crippen LogP contribution in [0.3, 0.4) is 0 Å². The number of phenolic OH excluding ortho intramolecular Hbond substituents is 1. The van der Waals surface area contributed by atoms with Crippen LogP contribution in [0, 0.1) is 5.82 Å². The van der Waals surface area contributed by atoms with Gasteiger partial charge in [-0.1, -0.05) is 12.1 Å². The van der Waals surface area contributed by atoms with Crippen molar-refractivity contribution in [3.8, 4) is 5.75 Å². The average molecular weight is 379 g/mol. The van der Waals surface area contributed by atoms with E-state index in [0.29, 0.717) is 37.1 Å². The smallest absolute Gasteiger partial charge is 0.258 e. The normalized spacial score (nSPS) is 13.2. The number of phenols is 1. The molecule has 2 aromatic carbocycles. The average Bonchev–Trinajstić information content (AvgIpc) is 3.03. The predicted octanol–water partition coefficient (Wildman–Crippen LogP) is 4.08. The Morgan fingerprint density at radius 2 is 1.96 bits per heavy atom. The van der Waals surface area contributed by atoms with Gasteiger partial charge in [0.25, 0.3) is 5.91 Å². The first-order valence-corrected chi connectivity index (χ1v) is 9.47. The van der Waals surface area contributed by atoms with Crippen LogP contribution < -0.4 is 5.32 Å². The summed E-state index contributed by atoms with van der Waals surface area (Å²) in [5.74, 6) is -0.477. The molecule has 0 saturated carbocycles. The molecule has 0 fully saturated rings. The van der Waals surface area contributed by atoms with Crippen molar-refractivity contribution < 1.29 is 14.3 Å². The molecule has 2 N–H and O–H groups in total. The SMILES string of the molecule is CCNc1c2c(c(O)c3ncc(Cc4ccc(F)cc4)cc13)C(=O)N(CC)C2. The molecule has 5 nitrogen and oxygen atoms in total. The summed E-state index contributed by atoms with van der Waals surface area (Å²) in [4.78, 5) is 18.8. The Balaban J connectivity index is 1.85. The van der Waals surface area contributed by atoms with Gasteiger partial charge in [-0.2, -0.15) is 0 Å². The van der Waals surface area contributed by atoms with Crippen molar-refractivity contribution in [1.29, 1.82) is 0 Å². The molecule has 0 aliphatic carbocycles. The fourth-order valence-electron chi connectivity index (χ4n) is 3.81. The summed E-state index contributed by atoms with van der Waals surface area (Å²) >= 11 is 0. The Bertz CT molecular complexity index is 1060. The number of halogens is 1. The monoisotopic (exact) mass is 379 g/mol. The molecular formula is C22H22FN3O2. The molecular weight excluding hydrogens is 357 g/mol. The van der Waals surface area contributed by atoms with E-state index in [1.54, 1.807) is 23.2 Å². The van der Waals surface area contributed by atoms with Crippen LogP contribution in [-0.4, -0.2) is 34.0 Å². The zero-order valence-electron chi connectivity index (χ0n) is 15.9. The second kappa shape index (κ2) is 7.11. The minimum atomic E-state index is -0.263. The first-order valence-electron chi connectivity index (χ1n) is 9.47. The molecule has 3 aromatic rings. The molecule has 6 heteroatoms. The number of pyridine rings is 1. The maximum absolute atomic E-state index is 13.2. The number of amides is 1. The molecule has 2 heterocycles. The molecule has 0 spiro atoms. The van der Waals surface area contributed by atoms with E-state index in [1.807, 2.05) is 19.9 Å². The number of anilines is 1. The van der Waals surface area contributed by atoms with E-state index in [4.69, 9.17) is 0 Å². The number of aromatic nitrogens is 1. The predicted molar refractivity (Wildman–Crippen MR) is 107 cm³/mol. The van der Waals surface area contributed by atoms with Crippen LogP contribution in [0.1, 0.15) is 40.9 Å². The third kappa shape index (κ3) is 2.95. The van der Waals surface area contributed by atoms with Gasteiger partial charge in [0.15, 0.2) is 5.75 Å². The van der Waals surface area contributed by atoms with Gasteiger partial charge >= 0.3 is 0 Å². The van der Waals surface area contributed by atoms with Gasteiger partial charge < -0.3 is 15.3 Å². The molecule has 144 valence electrons. The number of carbonyl (C=O) groups excluding carboxylic acids is 1. The lowest BCUT2D eigenvalue weighted by atomic mass is 9.98. The molecule has 1 aliphatic rings. The fourth-order valence-corrected chi connectivity index (χ4v) is 3.81. The maximum Gasteiger partial charge on any atom is 0.258 e. The third-order valence-corrected chi connectivity index (χ3v) is 5.19. The second-order valence-corrected chi connectivity index (χ2v) is 6.97. The number of aromatic hydroxyl groups is 1. The van der Waals surface area contributed by atoms with Gasteiger partial charge in [0.2, 0.25) is 0 Å². The first-order chi connectivity index (χ1) is 13.5. The maximum atomic E-state index is 13.2. The summed E-state index contributed by atoms with van der Waals surface area (Å²) in [5, 5.41) is 14.9. The van der Waals surface area contributed by atoms with Gasteiger partial charge in [-0.15, -0.1) is 0 Å². The number of benzene rings is 2. The highest BCUT2D eigenvalue weighted by atomic mass is 19.1. The lowest BCUT2D eigenvalue weighted by Gasteiger charge is -2.15. The highest BCUT2D eigenvalue weighted by Crippen LogP contribution is 2.42. The van der Waals surface area contributed by atoms with Crippen LogP contribution in [-0.2, 0) is 13.0 Å². The highest BCUT2D eigenvalue weighted by molar-refractivity contribution is 6.11. The summed E-state index contributed by atoms with van der Waals surface area (Å²) in [6, 6.07) is 8.38. The van der Waals surface area contributed by atoms with E-state index < -0.39 is 0 Å². The molecule has 1 aromatic heterocycles. The second-order valence-electron chi connectivity index (χ2n) is 6.97. The molecule has 0 radical (unpaired) electrons. The number of fused-ring (bicyclic) bond motifs is 2. The highest BCUT2D eigenvalue weighted by Gasteiger charge is 2.34. The van der Waals surface area contributed by atoms with Crippen LogP contribution in [0.5, 0.6) is 5.75 Å². The molecule has 28 heavy (non-hydrogen) atoms. The van der Waals surface area contributed by atoms with E-state index in [2.05, 4.69) is 10.3 Å². The third-order valence-electron chi connectivity index (χ3n) is 5.19. The molecule has 0 saturated heterocycles. The molecule has 1 amide bonds. The standard InChI is InChI=1S/C22H22FN3O2/c1-3-24-19-16-10-14(9-13-5-7-15(23)8-6-13)11-25-20(16)21(27)18-17(19)12-26(4-2)22(18)28/h5-8,10-11,24,27H,3-4,9,12H2,1-2H3. The lowest BCUT2D eigenvalue weighted by molar-refractivity contribution is 0.0785. The number of hydrogen-bond acceptors (Lipinski definition) is 4. The van der Waals surface area contributed by atoms with Gasteiger partial charge in [-0.3, -0.25) is 9.78 Å². The number of nitrogens with one attached hydrogen (secondary N) is 1. The molecule has 0 atom stereocenters. The summed E-state index contributed by atoms with van der Waals surface area (Å²) < 4.78 is 13.2. The van der Waals surface area contributed by atoms with Crippen molar-refractivity contribution in [2.24, 2.45) is 0 Å². The van der Waals surface area contributed by atoms with Crippen LogP contribution in [0.2, 0.25) is 0 Å². The van der Waals surface area contributed by atoms with E-state index in [-0.39, 0.29) is 17.5 Å². The molecule has 0 unspecified atom stereocenters. The van der Waals surface area contributed by atoms with Crippen molar-refractivity contribution in [2.75, 3.05) is 18.4 Å². The first kappa shape index (κ1) is 18.2. The Hall–Kier alpha value is -3.15. The minimum absolute atomic E-state index is 0.0547. The van der Waals surface area contributed by atoms with E-state index in [0.717, 1.165) is 27.8 Å². The largest absolute Gasteiger partial charge is 0.505 e. The van der Waals surface area contributed by atoms with Crippen molar-refractivity contribution in [2.45, 2.75) is 26.8 Å². The van der Waals surface area contributed by atoms with E-state index in [1.165, 1.54) is 12.1 Å². The Kier molecular flexibility index (Phi) is 4.63. The zero-order chi connectivity index (χ0) is 19.8. The van der Waals surface area contributed by atoms with Crippen LogP contribution >= 0.6 is 0 Å². The fraction of sp³-hybridized carbons (Fsp3) is 0.273. The van der Waals surface area contributed by atoms with Crippen LogP contribution in [0.25, 0.3) is 10.9 Å². The van der Waals surface area contributed by atoms with E-state index in [9.17, 15) is 14.3 Å². The quantitative estimate of drug-likeness (QED) is 0.656. The van der Waals surface area contributed by atoms with Crippen molar-refractivity contribution >= 4 is 22.5 Å². The number of carbonyl (C=O) groups is 1. The van der Waals surface area contributed by atoms with Gasteiger partial charge in [0.1, 0.15) is 11.3 Å². The zero-order valence-corrected chi connectivity index (χ0v) is 15.9. The summed E-state index contributed by atoms with van der Waals surface area (Å²) in [6.45, 7) is 5.66. The van der Waals surface area contributed by atoms with Crippen LogP contribution in [0.4, 0.5) is 10.1 Å². The Labute approximate surface area is 162 Å². The summed E-state index contributed by atoms with van der Waals surface area (Å²) in [6.07, 6.45) is 2.30. The number of hydrogen-bond donors (Lipinski definition) is 2. The minimum Gasteiger partial charge on any atom is -0.505 e. The van der Waals surface area contributed by atoms with Gasteiger partial charge in [-0.25, -0.2) is 4.39 Å². The van der Waals surface area contributed by atoms with Crippen LogP contribution in [0.15, 0.2) is 36.5 Å². The Morgan fingerprint density at radius 3 is 2.64 bits per heavy atom. The van der Waals surface area contributed by atoms with Gasteiger partial charge in [-0.05, 0) is 49.6 Å². The number of rotatable bonds is 5. The molecule has 1 aliphatic heterocycles. The van der Waals surface area contributed by atoms with Gasteiger partial charge in [0.05, 0.1) is 5.56 Å². The summed E-state index contributed by atoms with van der Waals surface area (Å²) in [7, 11) is 0. The molecule has 4 rings (SSSR count). The van der Waals surface area contributed by atoms with E-state index >= 15 is 0 Å².